The molecule has 2 rings (SSSR count). The van der Waals surface area contributed by atoms with Crippen LogP contribution >= 0.6 is 12.4 Å². The Bertz CT molecular complexity index is 470. The zero-order valence-electron chi connectivity index (χ0n) is 13.5. The topological polar surface area (TPSA) is 55.6 Å². The Morgan fingerprint density at radius 2 is 1.82 bits per heavy atom. The highest BCUT2D eigenvalue weighted by Crippen LogP contribution is 2.27. The summed E-state index contributed by atoms with van der Waals surface area (Å²) < 4.78 is 5.67. The number of halogens is 1. The van der Waals surface area contributed by atoms with E-state index >= 15 is 0 Å². The molecule has 0 heterocycles. The van der Waals surface area contributed by atoms with E-state index in [0.717, 1.165) is 31.4 Å². The Morgan fingerprint density at radius 1 is 1.23 bits per heavy atom. The molecule has 0 spiro atoms. The predicted molar refractivity (Wildman–Crippen MR) is 91.6 cm³/mol. The fourth-order valence-electron chi connectivity index (χ4n) is 2.81. The molecular weight excluding hydrogens is 300 g/mol. The molecular formula is C17H27ClN2O2. The minimum absolute atomic E-state index is 0. The average molecular weight is 327 g/mol. The first-order valence-corrected chi connectivity index (χ1v) is 7.75. The number of ether oxygens (including phenoxy) is 1. The van der Waals surface area contributed by atoms with Gasteiger partial charge in [-0.2, -0.15) is 0 Å². The standard InChI is InChI=1S/C17H26N2O2.ClH/c1-14-6-8-15(9-7-14)21-13-12-19(2)16(20)17(18)10-4-3-5-11-17;/h6-9H,3-5,10-13,18H2,1-2H3;1H. The molecule has 1 saturated carbocycles. The van der Waals surface area contributed by atoms with Crippen LogP contribution in [0.5, 0.6) is 5.75 Å². The van der Waals surface area contributed by atoms with Gasteiger partial charge in [-0.3, -0.25) is 4.79 Å². The van der Waals surface area contributed by atoms with Crippen LogP contribution in [-0.4, -0.2) is 36.5 Å². The van der Waals surface area contributed by atoms with Gasteiger partial charge in [0.15, 0.2) is 0 Å². The van der Waals surface area contributed by atoms with Crippen LogP contribution in [0.25, 0.3) is 0 Å². The normalized spacial score (nSPS) is 16.5. The van der Waals surface area contributed by atoms with Crippen LogP contribution < -0.4 is 10.5 Å². The minimum atomic E-state index is -0.656. The molecule has 1 aliphatic carbocycles. The summed E-state index contributed by atoms with van der Waals surface area (Å²) >= 11 is 0. The van der Waals surface area contributed by atoms with Gasteiger partial charge < -0.3 is 15.4 Å². The van der Waals surface area contributed by atoms with E-state index in [1.807, 2.05) is 38.2 Å². The zero-order valence-corrected chi connectivity index (χ0v) is 14.3. The fraction of sp³-hybridized carbons (Fsp3) is 0.588. The van der Waals surface area contributed by atoms with Crippen LogP contribution in [0.4, 0.5) is 0 Å². The molecule has 1 aliphatic rings. The van der Waals surface area contributed by atoms with E-state index in [2.05, 4.69) is 0 Å². The number of benzene rings is 1. The molecule has 1 amide bonds. The Labute approximate surface area is 139 Å². The molecule has 0 saturated heterocycles. The molecule has 1 fully saturated rings. The summed E-state index contributed by atoms with van der Waals surface area (Å²) in [6, 6.07) is 7.92. The van der Waals surface area contributed by atoms with Crippen molar-refractivity contribution >= 4 is 18.3 Å². The summed E-state index contributed by atoms with van der Waals surface area (Å²) in [5, 5.41) is 0. The summed E-state index contributed by atoms with van der Waals surface area (Å²) in [6.07, 6.45) is 4.89. The second-order valence-corrected chi connectivity index (χ2v) is 6.11. The predicted octanol–water partition coefficient (Wildman–Crippen LogP) is 2.92. The second kappa shape index (κ2) is 8.39. The number of carbonyl (C=O) groups is 1. The molecule has 2 N–H and O–H groups in total. The van der Waals surface area contributed by atoms with Gasteiger partial charge in [-0.1, -0.05) is 37.0 Å². The maximum atomic E-state index is 12.5. The lowest BCUT2D eigenvalue weighted by Gasteiger charge is -2.35. The smallest absolute Gasteiger partial charge is 0.242 e. The van der Waals surface area contributed by atoms with Crippen molar-refractivity contribution in [2.24, 2.45) is 5.73 Å². The van der Waals surface area contributed by atoms with Crippen molar-refractivity contribution in [1.82, 2.24) is 4.90 Å². The van der Waals surface area contributed by atoms with Gasteiger partial charge in [0.25, 0.3) is 0 Å². The first-order chi connectivity index (χ1) is 10.0. The van der Waals surface area contributed by atoms with Crippen molar-refractivity contribution in [3.63, 3.8) is 0 Å². The first-order valence-electron chi connectivity index (χ1n) is 7.75. The summed E-state index contributed by atoms with van der Waals surface area (Å²) in [7, 11) is 1.81. The molecule has 4 nitrogen and oxygen atoms in total. The maximum Gasteiger partial charge on any atom is 0.242 e. The molecule has 1 aromatic rings. The lowest BCUT2D eigenvalue weighted by molar-refractivity contribution is -0.137. The van der Waals surface area contributed by atoms with Crippen LogP contribution in [0, 0.1) is 6.92 Å². The molecule has 1 aromatic carbocycles. The molecule has 5 heteroatoms. The van der Waals surface area contributed by atoms with Gasteiger partial charge in [0, 0.05) is 7.05 Å². The molecule has 0 unspecified atom stereocenters. The number of hydrogen-bond donors (Lipinski definition) is 1. The van der Waals surface area contributed by atoms with E-state index in [0.29, 0.717) is 13.2 Å². The quantitative estimate of drug-likeness (QED) is 0.905. The highest BCUT2D eigenvalue weighted by molar-refractivity contribution is 5.86. The average Bonchev–Trinajstić information content (AvgIpc) is 2.49. The number of nitrogens with two attached hydrogens (primary N) is 1. The maximum absolute atomic E-state index is 12.5. The van der Waals surface area contributed by atoms with Crippen molar-refractivity contribution in [1.29, 1.82) is 0 Å². The monoisotopic (exact) mass is 326 g/mol. The lowest BCUT2D eigenvalue weighted by atomic mass is 9.81. The number of hydrogen-bond acceptors (Lipinski definition) is 3. The second-order valence-electron chi connectivity index (χ2n) is 6.11. The number of carbonyl (C=O) groups excluding carboxylic acids is 1. The van der Waals surface area contributed by atoms with Gasteiger partial charge in [0.2, 0.25) is 5.91 Å². The number of amides is 1. The number of likely N-dealkylation sites (N-methyl/N-ethyl adjacent to an activating group) is 1. The number of aryl methyl sites for hydroxylation is 1. The SMILES string of the molecule is Cc1ccc(OCCN(C)C(=O)C2(N)CCCCC2)cc1.Cl. The summed E-state index contributed by atoms with van der Waals surface area (Å²) in [4.78, 5) is 14.2. The Kier molecular flexibility index (Phi) is 7.17. The molecule has 22 heavy (non-hydrogen) atoms. The molecule has 124 valence electrons. The summed E-state index contributed by atoms with van der Waals surface area (Å²) in [5.74, 6) is 0.885. The van der Waals surface area contributed by atoms with Gasteiger partial charge in [0.1, 0.15) is 12.4 Å². The van der Waals surface area contributed by atoms with Crippen molar-refractivity contribution in [3.8, 4) is 5.75 Å². The largest absolute Gasteiger partial charge is 0.492 e. The van der Waals surface area contributed by atoms with Crippen molar-refractivity contribution in [2.45, 2.75) is 44.6 Å². The number of rotatable bonds is 5. The third-order valence-electron chi connectivity index (χ3n) is 4.23. The van der Waals surface area contributed by atoms with E-state index in [4.69, 9.17) is 10.5 Å². The van der Waals surface area contributed by atoms with E-state index in [-0.39, 0.29) is 18.3 Å². The Morgan fingerprint density at radius 3 is 2.41 bits per heavy atom. The van der Waals surface area contributed by atoms with Crippen molar-refractivity contribution in [2.75, 3.05) is 20.2 Å². The molecule has 0 aliphatic heterocycles. The molecule has 0 atom stereocenters. The van der Waals surface area contributed by atoms with Gasteiger partial charge in [0.05, 0.1) is 12.1 Å². The van der Waals surface area contributed by atoms with Crippen LogP contribution in [-0.2, 0) is 4.79 Å². The van der Waals surface area contributed by atoms with Crippen molar-refractivity contribution < 1.29 is 9.53 Å². The summed E-state index contributed by atoms with van der Waals surface area (Å²) in [6.45, 7) is 3.09. The van der Waals surface area contributed by atoms with E-state index in [1.54, 1.807) is 4.90 Å². The fourth-order valence-corrected chi connectivity index (χ4v) is 2.81. The molecule has 0 radical (unpaired) electrons. The van der Waals surface area contributed by atoms with Crippen LogP contribution in [0.1, 0.15) is 37.7 Å². The highest BCUT2D eigenvalue weighted by atomic mass is 35.5. The van der Waals surface area contributed by atoms with E-state index in [9.17, 15) is 4.79 Å². The first kappa shape index (κ1) is 18.8. The third kappa shape index (κ3) is 4.89. The van der Waals surface area contributed by atoms with Crippen LogP contribution in [0.15, 0.2) is 24.3 Å². The highest BCUT2D eigenvalue weighted by Gasteiger charge is 2.37. The minimum Gasteiger partial charge on any atom is -0.492 e. The van der Waals surface area contributed by atoms with Gasteiger partial charge in [-0.15, -0.1) is 12.4 Å². The molecule has 0 aromatic heterocycles. The van der Waals surface area contributed by atoms with E-state index < -0.39 is 5.54 Å². The Balaban J connectivity index is 0.00000242. The van der Waals surface area contributed by atoms with Crippen molar-refractivity contribution in [3.05, 3.63) is 29.8 Å². The third-order valence-corrected chi connectivity index (χ3v) is 4.23. The zero-order chi connectivity index (χ0) is 15.3. The van der Waals surface area contributed by atoms with Crippen LogP contribution in [0.2, 0.25) is 0 Å². The van der Waals surface area contributed by atoms with E-state index in [1.165, 1.54) is 12.0 Å². The summed E-state index contributed by atoms with van der Waals surface area (Å²) in [5.41, 5.74) is 6.82. The lowest BCUT2D eigenvalue weighted by Crippen LogP contribution is -2.55. The Hall–Kier alpha value is -1.26. The van der Waals surface area contributed by atoms with Crippen LogP contribution in [0.3, 0.4) is 0 Å². The van der Waals surface area contributed by atoms with Gasteiger partial charge in [-0.05, 0) is 31.9 Å². The van der Waals surface area contributed by atoms with Gasteiger partial charge in [-0.25, -0.2) is 0 Å². The molecule has 0 bridgehead atoms. The number of nitrogens with zero attached hydrogens (tertiary/aromatic N) is 1. The van der Waals surface area contributed by atoms with Gasteiger partial charge >= 0.3 is 0 Å².